The van der Waals surface area contributed by atoms with E-state index in [0.29, 0.717) is 22.6 Å². The predicted molar refractivity (Wildman–Crippen MR) is 76.5 cm³/mol. The molecule has 0 unspecified atom stereocenters. The average Bonchev–Trinajstić information content (AvgIpc) is 2.48. The molecule has 0 saturated carbocycles. The predicted octanol–water partition coefficient (Wildman–Crippen LogP) is 3.06. The summed E-state index contributed by atoms with van der Waals surface area (Å²) in [4.78, 5) is 10.9. The molecule has 0 fully saturated rings. The van der Waals surface area contributed by atoms with Crippen molar-refractivity contribution >= 4 is 11.4 Å². The molecule has 0 bridgehead atoms. The Labute approximate surface area is 115 Å². The number of aromatic hydroxyl groups is 1. The van der Waals surface area contributed by atoms with Gasteiger partial charge >= 0.3 is 0 Å². The fraction of sp³-hybridized carbons (Fsp3) is 0.143. The first-order valence-electron chi connectivity index (χ1n) is 5.79. The number of nitrogens with zero attached hydrogens (tertiary/aromatic N) is 1. The normalized spacial score (nSPS) is 10.1. The number of nitrogen functional groups attached to an aromatic ring is 1. The number of hydrogen-bond acceptors (Lipinski definition) is 6. The minimum atomic E-state index is -0.184. The van der Waals surface area contributed by atoms with Crippen LogP contribution in [-0.2, 0) is 0 Å². The Kier molecular flexibility index (Phi) is 3.74. The molecule has 0 aromatic heterocycles. The molecule has 6 nitrogen and oxygen atoms in total. The van der Waals surface area contributed by atoms with Crippen molar-refractivity contribution in [2.75, 3.05) is 20.0 Å². The summed E-state index contributed by atoms with van der Waals surface area (Å²) in [5.74, 6) is 0.952. The fourth-order valence-corrected chi connectivity index (χ4v) is 1.91. The van der Waals surface area contributed by atoms with Crippen LogP contribution in [0.3, 0.4) is 0 Å². The molecule has 2 rings (SSSR count). The summed E-state index contributed by atoms with van der Waals surface area (Å²) in [5, 5.41) is 12.5. The molecule has 2 aromatic carbocycles. The topological polar surface area (TPSA) is 94.1 Å². The van der Waals surface area contributed by atoms with Gasteiger partial charge in [-0.05, 0) is 23.4 Å². The quantitative estimate of drug-likeness (QED) is 0.507. The van der Waals surface area contributed by atoms with Gasteiger partial charge in [-0.2, -0.15) is 0 Å². The molecule has 0 heterocycles. The van der Waals surface area contributed by atoms with Crippen molar-refractivity contribution < 1.29 is 14.6 Å². The number of nitroso groups, excluding NO2 is 1. The number of phenols is 1. The van der Waals surface area contributed by atoms with E-state index in [1.807, 2.05) is 0 Å². The second-order valence-corrected chi connectivity index (χ2v) is 4.09. The van der Waals surface area contributed by atoms with E-state index in [9.17, 15) is 10.0 Å². The first-order chi connectivity index (χ1) is 9.60. The molecule has 0 spiro atoms. The molecule has 3 N–H and O–H groups in total. The lowest BCUT2D eigenvalue weighted by Gasteiger charge is -2.12. The van der Waals surface area contributed by atoms with Gasteiger partial charge in [-0.3, -0.25) is 0 Å². The van der Waals surface area contributed by atoms with Gasteiger partial charge in [0.25, 0.3) is 0 Å². The highest BCUT2D eigenvalue weighted by Gasteiger charge is 2.15. The third kappa shape index (κ3) is 2.35. The van der Waals surface area contributed by atoms with E-state index in [1.165, 1.54) is 19.2 Å². The molecule has 6 heteroatoms. The van der Waals surface area contributed by atoms with E-state index in [-0.39, 0.29) is 17.1 Å². The zero-order valence-corrected chi connectivity index (χ0v) is 11.1. The number of methoxy groups -OCH3 is 2. The van der Waals surface area contributed by atoms with Gasteiger partial charge in [0.15, 0.2) is 0 Å². The number of rotatable bonds is 4. The first-order valence-corrected chi connectivity index (χ1v) is 5.79. The number of benzene rings is 2. The fourth-order valence-electron chi connectivity index (χ4n) is 1.91. The second-order valence-electron chi connectivity index (χ2n) is 4.09. The van der Waals surface area contributed by atoms with Gasteiger partial charge in [-0.25, -0.2) is 0 Å². The lowest BCUT2D eigenvalue weighted by Crippen LogP contribution is -1.92. The molecule has 20 heavy (non-hydrogen) atoms. The Morgan fingerprint density at radius 2 is 1.85 bits per heavy atom. The highest BCUT2D eigenvalue weighted by Crippen LogP contribution is 2.42. The lowest BCUT2D eigenvalue weighted by molar-refractivity contribution is 0.395. The molecule has 0 atom stereocenters. The zero-order valence-electron chi connectivity index (χ0n) is 11.1. The molecule has 0 amide bonds. The van der Waals surface area contributed by atoms with Gasteiger partial charge in [0.1, 0.15) is 22.9 Å². The smallest absolute Gasteiger partial charge is 0.140 e. The molecule has 0 radical (unpaired) electrons. The molecule has 0 saturated heterocycles. The van der Waals surface area contributed by atoms with E-state index in [2.05, 4.69) is 5.18 Å². The number of anilines is 1. The van der Waals surface area contributed by atoms with Crippen LogP contribution in [0.2, 0.25) is 0 Å². The first kappa shape index (κ1) is 13.7. The van der Waals surface area contributed by atoms with E-state index < -0.39 is 0 Å². The van der Waals surface area contributed by atoms with Gasteiger partial charge in [-0.15, -0.1) is 4.91 Å². The van der Waals surface area contributed by atoms with Crippen LogP contribution in [-0.4, -0.2) is 19.3 Å². The van der Waals surface area contributed by atoms with Gasteiger partial charge in [-0.1, -0.05) is 0 Å². The maximum atomic E-state index is 10.9. The van der Waals surface area contributed by atoms with Crippen molar-refractivity contribution in [3.63, 3.8) is 0 Å². The molecule has 0 aliphatic heterocycles. The van der Waals surface area contributed by atoms with Crippen molar-refractivity contribution in [2.45, 2.75) is 0 Å². The van der Waals surface area contributed by atoms with Crippen LogP contribution < -0.4 is 15.2 Å². The van der Waals surface area contributed by atoms with Crippen LogP contribution >= 0.6 is 0 Å². The Balaban J connectivity index is 2.67. The third-order valence-electron chi connectivity index (χ3n) is 2.94. The van der Waals surface area contributed by atoms with E-state index in [0.717, 1.165) is 0 Å². The van der Waals surface area contributed by atoms with Crippen LogP contribution in [0.15, 0.2) is 35.5 Å². The van der Waals surface area contributed by atoms with Gasteiger partial charge in [0, 0.05) is 23.3 Å². The van der Waals surface area contributed by atoms with Gasteiger partial charge in [0.2, 0.25) is 0 Å². The van der Waals surface area contributed by atoms with Crippen LogP contribution in [0.5, 0.6) is 17.2 Å². The molecule has 2 aromatic rings. The van der Waals surface area contributed by atoms with Crippen molar-refractivity contribution in [1.29, 1.82) is 0 Å². The highest BCUT2D eigenvalue weighted by molar-refractivity contribution is 5.84. The Hall–Kier alpha value is -2.76. The van der Waals surface area contributed by atoms with Crippen molar-refractivity contribution in [3.8, 4) is 28.4 Å². The van der Waals surface area contributed by atoms with Crippen LogP contribution in [0.25, 0.3) is 11.1 Å². The number of hydrogen-bond donors (Lipinski definition) is 2. The van der Waals surface area contributed by atoms with Gasteiger partial charge in [0.05, 0.1) is 19.9 Å². The van der Waals surface area contributed by atoms with Crippen LogP contribution in [0.4, 0.5) is 11.4 Å². The maximum Gasteiger partial charge on any atom is 0.140 e. The van der Waals surface area contributed by atoms with Crippen LogP contribution in [0.1, 0.15) is 0 Å². The minimum absolute atomic E-state index is 0.0835. The molecular weight excluding hydrogens is 260 g/mol. The summed E-state index contributed by atoms with van der Waals surface area (Å²) in [6.45, 7) is 0. The summed E-state index contributed by atoms with van der Waals surface area (Å²) < 4.78 is 10.4. The molecule has 0 aliphatic carbocycles. The summed E-state index contributed by atoms with van der Waals surface area (Å²) >= 11 is 0. The SMILES string of the molecule is COc1ccc(-c2cc(N)c(O)cc2N=O)c(OC)c1. The number of ether oxygens (including phenoxy) is 2. The zero-order chi connectivity index (χ0) is 14.7. The van der Waals surface area contributed by atoms with Crippen molar-refractivity contribution in [2.24, 2.45) is 5.18 Å². The largest absolute Gasteiger partial charge is 0.506 e. The Morgan fingerprint density at radius 3 is 2.45 bits per heavy atom. The number of phenolic OH excluding ortho intramolecular Hbond substituents is 1. The minimum Gasteiger partial charge on any atom is -0.506 e. The lowest BCUT2D eigenvalue weighted by atomic mass is 10.0. The van der Waals surface area contributed by atoms with Gasteiger partial charge < -0.3 is 20.3 Å². The molecule has 0 aliphatic rings. The molecular formula is C14H14N2O4. The van der Waals surface area contributed by atoms with Crippen molar-refractivity contribution in [3.05, 3.63) is 35.2 Å². The second kappa shape index (κ2) is 5.48. The maximum absolute atomic E-state index is 10.9. The van der Waals surface area contributed by atoms with E-state index >= 15 is 0 Å². The monoisotopic (exact) mass is 274 g/mol. The summed E-state index contributed by atoms with van der Waals surface area (Å²) in [7, 11) is 3.06. The Morgan fingerprint density at radius 1 is 1.10 bits per heavy atom. The average molecular weight is 274 g/mol. The standard InChI is InChI=1S/C14H14N2O4/c1-19-8-3-4-9(14(5-8)20-2)10-6-11(15)13(17)7-12(10)16-18/h3-7,17H,15H2,1-2H3. The summed E-state index contributed by atoms with van der Waals surface area (Å²) in [6, 6.07) is 7.86. The highest BCUT2D eigenvalue weighted by atomic mass is 16.5. The number of nitrogens with two attached hydrogens (primary N) is 1. The van der Waals surface area contributed by atoms with Crippen LogP contribution in [0, 0.1) is 4.91 Å². The Bertz CT molecular complexity index is 656. The summed E-state index contributed by atoms with van der Waals surface area (Å²) in [5.41, 5.74) is 7.03. The van der Waals surface area contributed by atoms with Crippen molar-refractivity contribution in [1.82, 2.24) is 0 Å². The third-order valence-corrected chi connectivity index (χ3v) is 2.94. The van der Waals surface area contributed by atoms with E-state index in [1.54, 1.807) is 25.3 Å². The summed E-state index contributed by atoms with van der Waals surface area (Å²) in [6.07, 6.45) is 0. The van der Waals surface area contributed by atoms with E-state index in [4.69, 9.17) is 15.2 Å². The molecule has 104 valence electrons.